The van der Waals surface area contributed by atoms with Crippen LogP contribution < -0.4 is 15.0 Å². The molecule has 0 fully saturated rings. The summed E-state index contributed by atoms with van der Waals surface area (Å²) in [5.41, 5.74) is 3.59. The van der Waals surface area contributed by atoms with E-state index in [1.807, 2.05) is 36.2 Å². The molecule has 1 amide bonds. The van der Waals surface area contributed by atoms with Crippen LogP contribution in [0.15, 0.2) is 47.4 Å². The fraction of sp³-hybridized carbons (Fsp3) is 0.188. The Morgan fingerprint density at radius 2 is 1.81 bits per heavy atom. The fourth-order valence-electron chi connectivity index (χ4n) is 1.97. The van der Waals surface area contributed by atoms with E-state index in [4.69, 9.17) is 4.74 Å². The number of nitrogens with one attached hydrogen (secondary N) is 2. The van der Waals surface area contributed by atoms with Crippen molar-refractivity contribution < 1.29 is 22.9 Å². The number of benzene rings is 2. The van der Waals surface area contributed by atoms with Crippen molar-refractivity contribution in [1.82, 2.24) is 10.3 Å². The van der Waals surface area contributed by atoms with Gasteiger partial charge in [0.25, 0.3) is 21.6 Å². The smallest absolute Gasteiger partial charge is 0.272 e. The molecule has 0 saturated carbocycles. The molecule has 0 spiro atoms. The molecule has 0 unspecified atom stereocenters. The Labute approximate surface area is 150 Å². The average Bonchev–Trinajstić information content (AvgIpc) is 2.61. The number of hydrazine groups is 1. The van der Waals surface area contributed by atoms with Crippen molar-refractivity contribution in [2.75, 3.05) is 6.61 Å². The van der Waals surface area contributed by atoms with Crippen LogP contribution in [0.1, 0.15) is 11.1 Å². The summed E-state index contributed by atoms with van der Waals surface area (Å²) in [6, 6.07) is 9.77. The van der Waals surface area contributed by atoms with Gasteiger partial charge in [-0.05, 0) is 43.2 Å². The molecule has 0 bridgehead atoms. The quantitative estimate of drug-likeness (QED) is 0.555. The Morgan fingerprint density at radius 3 is 2.42 bits per heavy atom. The minimum atomic E-state index is -4.06. The minimum absolute atomic E-state index is 0.223. The van der Waals surface area contributed by atoms with Gasteiger partial charge in [-0.2, -0.15) is 0 Å². The Morgan fingerprint density at radius 1 is 1.15 bits per heavy atom. The van der Waals surface area contributed by atoms with Gasteiger partial charge >= 0.3 is 0 Å². The molecule has 0 aromatic heterocycles. The number of non-ortho nitro benzene ring substituents is 1. The predicted octanol–water partition coefficient (Wildman–Crippen LogP) is 1.60. The number of rotatable bonds is 7. The number of sulfonamides is 1. The predicted molar refractivity (Wildman–Crippen MR) is 93.0 cm³/mol. The molecule has 0 saturated heterocycles. The van der Waals surface area contributed by atoms with E-state index in [0.29, 0.717) is 5.75 Å². The van der Waals surface area contributed by atoms with Crippen LogP contribution in [0.4, 0.5) is 5.69 Å². The van der Waals surface area contributed by atoms with Crippen molar-refractivity contribution in [3.8, 4) is 5.75 Å². The van der Waals surface area contributed by atoms with E-state index in [1.165, 1.54) is 0 Å². The number of amides is 1. The van der Waals surface area contributed by atoms with Gasteiger partial charge in [-0.25, -0.2) is 8.42 Å². The lowest BCUT2D eigenvalue weighted by atomic mass is 10.1. The number of ether oxygens (including phenoxy) is 1. The van der Waals surface area contributed by atoms with E-state index in [2.05, 4.69) is 0 Å². The summed E-state index contributed by atoms with van der Waals surface area (Å²) in [6.07, 6.45) is 0. The van der Waals surface area contributed by atoms with Crippen LogP contribution in [0, 0.1) is 24.0 Å². The zero-order valence-corrected chi connectivity index (χ0v) is 14.9. The van der Waals surface area contributed by atoms with Crippen molar-refractivity contribution in [1.29, 1.82) is 0 Å². The number of nitro groups is 1. The standard InChI is InChI=1S/C16H17N3O6S/c1-11-3-4-12(2)15(9-11)25-10-16(20)17-18-26(23,24)14-7-5-13(6-8-14)19(21)22/h3-9,18H,10H2,1-2H3,(H,17,20). The number of aryl methyl sites for hydroxylation is 2. The lowest BCUT2D eigenvalue weighted by molar-refractivity contribution is -0.384. The molecular weight excluding hydrogens is 362 g/mol. The number of nitrogens with zero attached hydrogens (tertiary/aromatic N) is 1. The first kappa shape index (κ1) is 19.3. The van der Waals surface area contributed by atoms with E-state index in [0.717, 1.165) is 35.4 Å². The molecule has 9 nitrogen and oxygen atoms in total. The molecule has 0 heterocycles. The third-order valence-electron chi connectivity index (χ3n) is 3.39. The summed E-state index contributed by atoms with van der Waals surface area (Å²) < 4.78 is 29.5. The summed E-state index contributed by atoms with van der Waals surface area (Å²) in [6.45, 7) is 3.32. The third kappa shape index (κ3) is 5.01. The molecule has 138 valence electrons. The number of carbonyl (C=O) groups excluding carboxylic acids is 1. The Hall–Kier alpha value is -2.98. The molecule has 0 aliphatic carbocycles. The number of hydrogen-bond donors (Lipinski definition) is 2. The highest BCUT2D eigenvalue weighted by Gasteiger charge is 2.17. The second kappa shape index (κ2) is 7.93. The van der Waals surface area contributed by atoms with Crippen molar-refractivity contribution in [2.24, 2.45) is 0 Å². The lowest BCUT2D eigenvalue weighted by Crippen LogP contribution is -2.43. The summed E-state index contributed by atoms with van der Waals surface area (Å²) in [5, 5.41) is 10.6. The highest BCUT2D eigenvalue weighted by atomic mass is 32.2. The van der Waals surface area contributed by atoms with Gasteiger partial charge in [0.05, 0.1) is 9.82 Å². The lowest BCUT2D eigenvalue weighted by Gasteiger charge is -2.11. The molecule has 2 aromatic carbocycles. The van der Waals surface area contributed by atoms with Crippen molar-refractivity contribution in [2.45, 2.75) is 18.7 Å². The molecule has 0 radical (unpaired) electrons. The van der Waals surface area contributed by atoms with Crippen LogP contribution in [-0.4, -0.2) is 25.9 Å². The number of carbonyl (C=O) groups is 1. The van der Waals surface area contributed by atoms with Crippen LogP contribution in [-0.2, 0) is 14.8 Å². The van der Waals surface area contributed by atoms with Gasteiger partial charge in [0.15, 0.2) is 6.61 Å². The second-order valence-corrected chi connectivity index (χ2v) is 7.14. The zero-order valence-electron chi connectivity index (χ0n) is 14.1. The molecule has 2 rings (SSSR count). The molecule has 2 N–H and O–H groups in total. The van der Waals surface area contributed by atoms with Gasteiger partial charge in [-0.1, -0.05) is 12.1 Å². The summed E-state index contributed by atoms with van der Waals surface area (Å²) in [5.74, 6) is -0.172. The first-order valence-corrected chi connectivity index (χ1v) is 8.92. The number of nitro benzene ring substituents is 1. The second-order valence-electron chi connectivity index (χ2n) is 5.46. The maximum absolute atomic E-state index is 12.1. The maximum atomic E-state index is 12.1. The molecule has 0 aliphatic heterocycles. The number of hydrogen-bond acceptors (Lipinski definition) is 6. The molecule has 10 heteroatoms. The Kier molecular flexibility index (Phi) is 5.90. The van der Waals surface area contributed by atoms with Gasteiger partial charge in [0, 0.05) is 12.1 Å². The van der Waals surface area contributed by atoms with Gasteiger partial charge in [-0.3, -0.25) is 20.3 Å². The molecule has 26 heavy (non-hydrogen) atoms. The third-order valence-corrected chi connectivity index (χ3v) is 4.65. The van der Waals surface area contributed by atoms with Crippen LogP contribution in [0.5, 0.6) is 5.75 Å². The molecule has 0 atom stereocenters. The average molecular weight is 379 g/mol. The van der Waals surface area contributed by atoms with Gasteiger partial charge in [-0.15, -0.1) is 4.83 Å². The SMILES string of the molecule is Cc1ccc(C)c(OCC(=O)NNS(=O)(=O)c2ccc([N+](=O)[O-])cc2)c1. The topological polar surface area (TPSA) is 128 Å². The molecular formula is C16H17N3O6S. The van der Waals surface area contributed by atoms with Crippen LogP contribution in [0.2, 0.25) is 0 Å². The van der Waals surface area contributed by atoms with E-state index in [9.17, 15) is 23.3 Å². The van der Waals surface area contributed by atoms with Crippen LogP contribution in [0.3, 0.4) is 0 Å². The van der Waals surface area contributed by atoms with E-state index < -0.39 is 20.9 Å². The van der Waals surface area contributed by atoms with E-state index in [1.54, 1.807) is 6.07 Å². The van der Waals surface area contributed by atoms with Gasteiger partial charge < -0.3 is 4.74 Å². The van der Waals surface area contributed by atoms with Gasteiger partial charge in [0.1, 0.15) is 5.75 Å². The largest absolute Gasteiger partial charge is 0.483 e. The van der Waals surface area contributed by atoms with Crippen LogP contribution >= 0.6 is 0 Å². The summed E-state index contributed by atoms with van der Waals surface area (Å²) in [7, 11) is -4.06. The minimum Gasteiger partial charge on any atom is -0.483 e. The normalized spacial score (nSPS) is 11.0. The highest BCUT2D eigenvalue weighted by Crippen LogP contribution is 2.19. The van der Waals surface area contributed by atoms with Crippen molar-refractivity contribution in [3.63, 3.8) is 0 Å². The maximum Gasteiger partial charge on any atom is 0.272 e. The summed E-state index contributed by atoms with van der Waals surface area (Å²) in [4.78, 5) is 23.4. The fourth-order valence-corrected chi connectivity index (χ4v) is 2.83. The monoisotopic (exact) mass is 379 g/mol. The van der Waals surface area contributed by atoms with Crippen molar-refractivity contribution >= 4 is 21.6 Å². The first-order chi connectivity index (χ1) is 12.2. The van der Waals surface area contributed by atoms with E-state index in [-0.39, 0.29) is 17.2 Å². The first-order valence-electron chi connectivity index (χ1n) is 7.44. The Balaban J connectivity index is 1.93. The van der Waals surface area contributed by atoms with Crippen molar-refractivity contribution in [3.05, 3.63) is 63.7 Å². The molecule has 0 aliphatic rings. The molecule has 2 aromatic rings. The summed E-state index contributed by atoms with van der Waals surface area (Å²) >= 11 is 0. The van der Waals surface area contributed by atoms with Crippen LogP contribution in [0.25, 0.3) is 0 Å². The highest BCUT2D eigenvalue weighted by molar-refractivity contribution is 7.89. The zero-order chi connectivity index (χ0) is 19.3. The van der Waals surface area contributed by atoms with E-state index >= 15 is 0 Å². The van der Waals surface area contributed by atoms with Gasteiger partial charge in [0.2, 0.25) is 0 Å². The Bertz CT molecular complexity index is 926.